The summed E-state index contributed by atoms with van der Waals surface area (Å²) in [6, 6.07) is 6.96. The molecule has 2 aromatic rings. The van der Waals surface area contributed by atoms with Crippen LogP contribution in [0.4, 0.5) is 5.69 Å². The standard InChI is InChI=1S/C19H25N3O2/c1-13(2)22-11-17(14-4-5-14)16-10-15(6-7-18(16)22)21(3)9-8-19(24)20-12-23/h6-7,10-14H,4-5,8-9H2,1-3H3,(H,20,23,24). The summed E-state index contributed by atoms with van der Waals surface area (Å²) in [5.41, 5.74) is 3.83. The predicted molar refractivity (Wildman–Crippen MR) is 96.4 cm³/mol. The number of anilines is 1. The van der Waals surface area contributed by atoms with E-state index in [1.165, 1.54) is 29.3 Å². The molecule has 1 aliphatic carbocycles. The first-order chi connectivity index (χ1) is 11.5. The van der Waals surface area contributed by atoms with Crippen molar-refractivity contribution < 1.29 is 9.59 Å². The molecule has 1 aromatic carbocycles. The smallest absolute Gasteiger partial charge is 0.228 e. The van der Waals surface area contributed by atoms with Crippen LogP contribution in [0.3, 0.4) is 0 Å². The quantitative estimate of drug-likeness (QED) is 0.795. The molecule has 0 radical (unpaired) electrons. The average Bonchev–Trinajstić information content (AvgIpc) is 3.32. The lowest BCUT2D eigenvalue weighted by Crippen LogP contribution is -2.27. The van der Waals surface area contributed by atoms with Gasteiger partial charge in [-0.15, -0.1) is 0 Å². The van der Waals surface area contributed by atoms with Gasteiger partial charge in [-0.05, 0) is 56.4 Å². The summed E-state index contributed by atoms with van der Waals surface area (Å²) < 4.78 is 2.35. The molecule has 1 saturated carbocycles. The van der Waals surface area contributed by atoms with E-state index in [9.17, 15) is 9.59 Å². The molecule has 0 saturated heterocycles. The Morgan fingerprint density at radius 3 is 2.79 bits per heavy atom. The summed E-state index contributed by atoms with van der Waals surface area (Å²) in [6.45, 7) is 5.00. The van der Waals surface area contributed by atoms with Gasteiger partial charge in [0, 0.05) is 48.8 Å². The SMILES string of the molecule is CC(C)n1cc(C2CC2)c2cc(N(C)CCC(=O)NC=O)ccc21. The average molecular weight is 327 g/mol. The second kappa shape index (κ2) is 6.67. The van der Waals surface area contributed by atoms with Crippen molar-refractivity contribution >= 4 is 28.9 Å². The molecule has 128 valence electrons. The van der Waals surface area contributed by atoms with Crippen molar-refractivity contribution in [3.8, 4) is 0 Å². The van der Waals surface area contributed by atoms with Crippen molar-refractivity contribution in [3.63, 3.8) is 0 Å². The van der Waals surface area contributed by atoms with E-state index >= 15 is 0 Å². The maximum atomic E-state index is 11.4. The second-order valence-electron chi connectivity index (χ2n) is 6.92. The third-order valence-electron chi connectivity index (χ3n) is 4.76. The van der Waals surface area contributed by atoms with Crippen LogP contribution in [0.1, 0.15) is 50.6 Å². The summed E-state index contributed by atoms with van der Waals surface area (Å²) >= 11 is 0. The third-order valence-corrected chi connectivity index (χ3v) is 4.76. The van der Waals surface area contributed by atoms with E-state index in [0.717, 1.165) is 5.69 Å². The lowest BCUT2D eigenvalue weighted by Gasteiger charge is -2.19. The van der Waals surface area contributed by atoms with E-state index < -0.39 is 0 Å². The van der Waals surface area contributed by atoms with Crippen molar-refractivity contribution in [3.05, 3.63) is 30.0 Å². The van der Waals surface area contributed by atoms with Crippen LogP contribution in [0, 0.1) is 0 Å². The van der Waals surface area contributed by atoms with E-state index in [0.29, 0.717) is 31.3 Å². The molecule has 3 rings (SSSR count). The van der Waals surface area contributed by atoms with E-state index in [1.54, 1.807) is 0 Å². The van der Waals surface area contributed by atoms with Gasteiger partial charge in [0.2, 0.25) is 12.3 Å². The summed E-state index contributed by atoms with van der Waals surface area (Å²) in [4.78, 5) is 23.8. The van der Waals surface area contributed by atoms with Gasteiger partial charge in [0.05, 0.1) is 0 Å². The first-order valence-corrected chi connectivity index (χ1v) is 8.60. The zero-order valence-electron chi connectivity index (χ0n) is 14.6. The monoisotopic (exact) mass is 327 g/mol. The van der Waals surface area contributed by atoms with E-state index in [4.69, 9.17) is 0 Å². The molecule has 0 atom stereocenters. The number of fused-ring (bicyclic) bond motifs is 1. The molecule has 0 spiro atoms. The van der Waals surface area contributed by atoms with Crippen LogP contribution < -0.4 is 10.2 Å². The zero-order chi connectivity index (χ0) is 17.3. The lowest BCUT2D eigenvalue weighted by molar-refractivity contribution is -0.125. The highest BCUT2D eigenvalue weighted by atomic mass is 16.2. The van der Waals surface area contributed by atoms with Gasteiger partial charge in [-0.3, -0.25) is 14.9 Å². The molecular weight excluding hydrogens is 302 g/mol. The number of carbonyl (C=O) groups excluding carboxylic acids is 2. The maximum absolute atomic E-state index is 11.4. The highest BCUT2D eigenvalue weighted by Gasteiger charge is 2.27. The fourth-order valence-corrected chi connectivity index (χ4v) is 3.19. The number of benzene rings is 1. The van der Waals surface area contributed by atoms with E-state index in [-0.39, 0.29) is 5.91 Å². The summed E-state index contributed by atoms with van der Waals surface area (Å²) in [5.74, 6) is 0.453. The Morgan fingerprint density at radius 1 is 1.42 bits per heavy atom. The highest BCUT2D eigenvalue weighted by molar-refractivity contribution is 5.89. The maximum Gasteiger partial charge on any atom is 0.228 e. The Morgan fingerprint density at radius 2 is 2.17 bits per heavy atom. The Kier molecular flexibility index (Phi) is 4.60. The number of nitrogens with zero attached hydrogens (tertiary/aromatic N) is 2. The fraction of sp³-hybridized carbons (Fsp3) is 0.474. The van der Waals surface area contributed by atoms with Gasteiger partial charge in [0.15, 0.2) is 0 Å². The summed E-state index contributed by atoms with van der Waals surface area (Å²) in [5, 5.41) is 3.51. The number of nitrogens with one attached hydrogen (secondary N) is 1. The molecule has 0 aliphatic heterocycles. The minimum atomic E-state index is -0.248. The number of imide groups is 1. The fourth-order valence-electron chi connectivity index (χ4n) is 3.19. The first-order valence-electron chi connectivity index (χ1n) is 8.60. The van der Waals surface area contributed by atoms with Gasteiger partial charge in [-0.2, -0.15) is 0 Å². The number of carbonyl (C=O) groups is 2. The lowest BCUT2D eigenvalue weighted by atomic mass is 10.1. The number of hydrogen-bond donors (Lipinski definition) is 1. The van der Waals surface area contributed by atoms with Gasteiger partial charge in [-0.25, -0.2) is 0 Å². The number of rotatable bonds is 7. The van der Waals surface area contributed by atoms with Crippen molar-refractivity contribution in [2.75, 3.05) is 18.5 Å². The molecule has 1 heterocycles. The Balaban J connectivity index is 1.86. The largest absolute Gasteiger partial charge is 0.374 e. The topological polar surface area (TPSA) is 54.3 Å². The first kappa shape index (κ1) is 16.6. The van der Waals surface area contributed by atoms with Crippen LogP contribution in [0.2, 0.25) is 0 Å². The Hall–Kier alpha value is -2.30. The normalized spacial score (nSPS) is 14.2. The van der Waals surface area contributed by atoms with Crippen molar-refractivity contribution in [2.45, 2.75) is 45.1 Å². The molecule has 1 fully saturated rings. The van der Waals surface area contributed by atoms with Crippen LogP contribution in [0.5, 0.6) is 0 Å². The van der Waals surface area contributed by atoms with Crippen LogP contribution in [-0.2, 0) is 9.59 Å². The van der Waals surface area contributed by atoms with Crippen LogP contribution in [-0.4, -0.2) is 30.5 Å². The molecule has 1 aromatic heterocycles. The minimum Gasteiger partial charge on any atom is -0.374 e. The molecule has 0 bridgehead atoms. The van der Waals surface area contributed by atoms with Gasteiger partial charge in [0.1, 0.15) is 0 Å². The molecule has 24 heavy (non-hydrogen) atoms. The predicted octanol–water partition coefficient (Wildman–Crippen LogP) is 3.20. The Bertz CT molecular complexity index is 759. The van der Waals surface area contributed by atoms with E-state index in [2.05, 4.69) is 53.0 Å². The number of hydrogen-bond acceptors (Lipinski definition) is 3. The van der Waals surface area contributed by atoms with Gasteiger partial charge in [-0.1, -0.05) is 0 Å². The number of aromatic nitrogens is 1. The number of amides is 2. The Labute approximate surface area is 142 Å². The molecular formula is C19H25N3O2. The van der Waals surface area contributed by atoms with Crippen molar-refractivity contribution in [2.24, 2.45) is 0 Å². The van der Waals surface area contributed by atoms with Crippen molar-refractivity contribution in [1.82, 2.24) is 9.88 Å². The second-order valence-corrected chi connectivity index (χ2v) is 6.92. The molecule has 2 amide bonds. The van der Waals surface area contributed by atoms with Gasteiger partial charge in [0.25, 0.3) is 0 Å². The highest BCUT2D eigenvalue weighted by Crippen LogP contribution is 2.45. The molecule has 1 N–H and O–H groups in total. The van der Waals surface area contributed by atoms with Gasteiger partial charge < -0.3 is 9.47 Å². The summed E-state index contributed by atoms with van der Waals surface area (Å²) in [7, 11) is 1.98. The van der Waals surface area contributed by atoms with Gasteiger partial charge >= 0.3 is 0 Å². The minimum absolute atomic E-state index is 0.248. The van der Waals surface area contributed by atoms with Crippen LogP contribution in [0.15, 0.2) is 24.4 Å². The van der Waals surface area contributed by atoms with Crippen LogP contribution >= 0.6 is 0 Å². The summed E-state index contributed by atoms with van der Waals surface area (Å²) in [6.07, 6.45) is 5.61. The third kappa shape index (κ3) is 3.30. The molecule has 5 heteroatoms. The molecule has 1 aliphatic rings. The molecule has 5 nitrogen and oxygen atoms in total. The van der Waals surface area contributed by atoms with Crippen molar-refractivity contribution in [1.29, 1.82) is 0 Å². The molecule has 0 unspecified atom stereocenters. The van der Waals surface area contributed by atoms with Crippen LogP contribution in [0.25, 0.3) is 10.9 Å². The van der Waals surface area contributed by atoms with E-state index in [1.807, 2.05) is 7.05 Å². The zero-order valence-corrected chi connectivity index (χ0v) is 14.6.